The molecule has 0 aromatic carbocycles. The van der Waals surface area contributed by atoms with Crippen LogP contribution in [0.25, 0.3) is 0 Å². The van der Waals surface area contributed by atoms with Crippen LogP contribution in [-0.2, 0) is 28.1 Å². The highest BCUT2D eigenvalue weighted by atomic mass is 16.7. The van der Waals surface area contributed by atoms with E-state index in [9.17, 15) is 0 Å². The Morgan fingerprint density at radius 3 is 1.74 bits per heavy atom. The van der Waals surface area contributed by atoms with Gasteiger partial charge in [0.2, 0.25) is 0 Å². The van der Waals surface area contributed by atoms with Crippen molar-refractivity contribution in [2.45, 2.75) is 129 Å². The highest BCUT2D eigenvalue weighted by Gasteiger charge is 2.59. The molecule has 8 heteroatoms. The first-order valence-electron chi connectivity index (χ1n) is 12.9. The van der Waals surface area contributed by atoms with Gasteiger partial charge in [-0.3, -0.25) is 0 Å². The molecule has 0 spiro atoms. The van der Waals surface area contributed by atoms with Gasteiger partial charge in [-0.1, -0.05) is 12.2 Å². The maximum absolute atomic E-state index is 6.67. The fourth-order valence-electron chi connectivity index (χ4n) is 5.44. The third kappa shape index (κ3) is 4.96. The highest BCUT2D eigenvalue weighted by Crippen LogP contribution is 2.48. The summed E-state index contributed by atoms with van der Waals surface area (Å²) in [5.74, 6) is 0. The summed E-state index contributed by atoms with van der Waals surface area (Å²) in [6, 6.07) is 0. The predicted octanol–water partition coefficient (Wildman–Crippen LogP) is 5.24. The molecule has 4 aliphatic heterocycles. The van der Waals surface area contributed by atoms with E-state index in [-0.39, 0.29) is 25.4 Å². The minimum absolute atomic E-state index is 0.200. The molecule has 6 nitrogen and oxygen atoms in total. The van der Waals surface area contributed by atoms with Crippen LogP contribution >= 0.6 is 0 Å². The quantitative estimate of drug-likeness (QED) is 0.509. The van der Waals surface area contributed by atoms with E-state index < -0.39 is 22.4 Å². The van der Waals surface area contributed by atoms with Crippen molar-refractivity contribution < 1.29 is 28.1 Å². The van der Waals surface area contributed by atoms with Crippen LogP contribution in [0.5, 0.6) is 0 Å². The molecule has 2 fully saturated rings. The normalized spacial score (nSPS) is 36.4. The summed E-state index contributed by atoms with van der Waals surface area (Å²) >= 11 is 0. The summed E-state index contributed by atoms with van der Waals surface area (Å²) in [4.78, 5) is 0. The molecule has 34 heavy (non-hydrogen) atoms. The highest BCUT2D eigenvalue weighted by molar-refractivity contribution is 6.55. The van der Waals surface area contributed by atoms with Gasteiger partial charge in [0.15, 0.2) is 0 Å². The molecule has 0 bridgehead atoms. The average molecular weight is 474 g/mol. The third-order valence-electron chi connectivity index (χ3n) is 8.62. The van der Waals surface area contributed by atoms with Gasteiger partial charge in [-0.2, -0.15) is 0 Å². The fourth-order valence-corrected chi connectivity index (χ4v) is 5.44. The van der Waals surface area contributed by atoms with Crippen molar-refractivity contribution in [2.24, 2.45) is 0 Å². The lowest BCUT2D eigenvalue weighted by molar-refractivity contribution is -0.0576. The number of rotatable bonds is 5. The molecule has 0 saturated carbocycles. The number of ether oxygens (including phenoxy) is 2. The Kier molecular flexibility index (Phi) is 6.58. The smallest absolute Gasteiger partial charge is 0.400 e. The van der Waals surface area contributed by atoms with Gasteiger partial charge in [-0.05, 0) is 106 Å². The molecular weight excluding hydrogens is 430 g/mol. The van der Waals surface area contributed by atoms with Crippen molar-refractivity contribution in [1.82, 2.24) is 0 Å². The second kappa shape index (κ2) is 8.46. The largest absolute Gasteiger partial charge is 0.490 e. The van der Waals surface area contributed by atoms with Crippen molar-refractivity contribution in [1.29, 1.82) is 0 Å². The second-order valence-corrected chi connectivity index (χ2v) is 13.1. The first-order valence-corrected chi connectivity index (χ1v) is 12.9. The molecular formula is C26H44B2O6. The zero-order chi connectivity index (χ0) is 25.2. The third-order valence-corrected chi connectivity index (χ3v) is 8.62. The Bertz CT molecular complexity index is 863. The maximum Gasteiger partial charge on any atom is 0.490 e. The van der Waals surface area contributed by atoms with E-state index in [0.717, 1.165) is 25.7 Å². The fraction of sp³-hybridized carbons (Fsp3) is 0.846. The summed E-state index contributed by atoms with van der Waals surface area (Å²) in [7, 11) is -0.681. The molecule has 0 aliphatic carbocycles. The molecule has 0 aromatic rings. The molecule has 0 radical (unpaired) electrons. The Morgan fingerprint density at radius 1 is 0.706 bits per heavy atom. The van der Waals surface area contributed by atoms with Crippen LogP contribution < -0.4 is 0 Å². The standard InChI is InChI=1S/C26H44B2O6/c1-21(2)17-19(11-15-29-21)27-31-23(5,6)25(9,33-27)13-14-26(10)24(7,8)32-28(34-26)20-12-16-30-22(3,4)18-20/h11,18H,12-17H2,1-10H3. The SMILES string of the molecule is CC1(C)C=C(B2OC(C)(C)C(C)(CCC3(C)OB(C4=CCOC(C)(C)C4)OC3(C)C)O2)CCO1. The van der Waals surface area contributed by atoms with E-state index in [4.69, 9.17) is 28.1 Å². The van der Waals surface area contributed by atoms with Gasteiger partial charge in [-0.15, -0.1) is 0 Å². The molecule has 2 atom stereocenters. The molecule has 4 heterocycles. The van der Waals surface area contributed by atoms with Gasteiger partial charge < -0.3 is 28.1 Å². The second-order valence-electron chi connectivity index (χ2n) is 13.1. The predicted molar refractivity (Wildman–Crippen MR) is 136 cm³/mol. The van der Waals surface area contributed by atoms with Crippen LogP contribution in [0, 0.1) is 0 Å². The van der Waals surface area contributed by atoms with E-state index in [1.165, 1.54) is 10.9 Å². The van der Waals surface area contributed by atoms with Crippen LogP contribution in [0.15, 0.2) is 23.1 Å². The lowest BCUT2D eigenvalue weighted by atomic mass is 9.71. The topological polar surface area (TPSA) is 55.4 Å². The summed E-state index contributed by atoms with van der Waals surface area (Å²) in [6.45, 7) is 22.6. The molecule has 2 saturated heterocycles. The molecule has 0 amide bonds. The van der Waals surface area contributed by atoms with Gasteiger partial charge >= 0.3 is 14.2 Å². The number of hydrogen-bond acceptors (Lipinski definition) is 6. The monoisotopic (exact) mass is 474 g/mol. The molecule has 190 valence electrons. The molecule has 4 aliphatic rings. The van der Waals surface area contributed by atoms with Gasteiger partial charge in [-0.25, -0.2) is 0 Å². The first kappa shape index (κ1) is 26.4. The van der Waals surface area contributed by atoms with Crippen LogP contribution in [0.2, 0.25) is 0 Å². The Balaban J connectivity index is 1.47. The van der Waals surface area contributed by atoms with E-state index in [0.29, 0.717) is 13.2 Å². The minimum Gasteiger partial charge on any atom is -0.400 e. The minimum atomic E-state index is -0.457. The average Bonchev–Trinajstić information content (AvgIpc) is 3.08. The van der Waals surface area contributed by atoms with Gasteiger partial charge in [0.1, 0.15) is 0 Å². The van der Waals surface area contributed by atoms with E-state index in [1.807, 2.05) is 0 Å². The summed E-state index contributed by atoms with van der Waals surface area (Å²) < 4.78 is 38.0. The summed E-state index contributed by atoms with van der Waals surface area (Å²) in [5, 5.41) is 0. The van der Waals surface area contributed by atoms with Crippen LogP contribution in [-0.4, -0.2) is 61.1 Å². The number of hydrogen-bond donors (Lipinski definition) is 0. The van der Waals surface area contributed by atoms with Gasteiger partial charge in [0.25, 0.3) is 0 Å². The van der Waals surface area contributed by atoms with Crippen LogP contribution in [0.3, 0.4) is 0 Å². The van der Waals surface area contributed by atoms with Crippen molar-refractivity contribution in [3.8, 4) is 0 Å². The van der Waals surface area contributed by atoms with E-state index in [1.54, 1.807) is 0 Å². The van der Waals surface area contributed by atoms with Gasteiger partial charge in [0, 0.05) is 0 Å². The van der Waals surface area contributed by atoms with E-state index in [2.05, 4.69) is 81.4 Å². The van der Waals surface area contributed by atoms with Crippen LogP contribution in [0.1, 0.15) is 94.9 Å². The van der Waals surface area contributed by atoms with Crippen molar-refractivity contribution in [3.63, 3.8) is 0 Å². The molecule has 2 unspecified atom stereocenters. The van der Waals surface area contributed by atoms with Crippen LogP contribution in [0.4, 0.5) is 0 Å². The van der Waals surface area contributed by atoms with Crippen molar-refractivity contribution >= 4 is 14.2 Å². The zero-order valence-corrected chi connectivity index (χ0v) is 23.0. The Morgan fingerprint density at radius 2 is 1.24 bits per heavy atom. The van der Waals surface area contributed by atoms with Gasteiger partial charge in [0.05, 0.1) is 46.8 Å². The Hall–Kier alpha value is -0.630. The molecule has 0 aromatic heterocycles. The van der Waals surface area contributed by atoms with Crippen molar-refractivity contribution in [3.05, 3.63) is 23.1 Å². The summed E-state index contributed by atoms with van der Waals surface area (Å²) in [5.41, 5.74) is 0.0699. The van der Waals surface area contributed by atoms with Crippen molar-refractivity contribution in [2.75, 3.05) is 13.2 Å². The molecule has 4 rings (SSSR count). The lowest BCUT2D eigenvalue weighted by Gasteiger charge is -2.42. The summed E-state index contributed by atoms with van der Waals surface area (Å²) in [6.07, 6.45) is 7.51. The van der Waals surface area contributed by atoms with E-state index >= 15 is 0 Å². The first-order chi connectivity index (χ1) is 15.5. The Labute approximate surface area is 207 Å². The zero-order valence-electron chi connectivity index (χ0n) is 23.0. The maximum atomic E-state index is 6.67. The lowest BCUT2D eigenvalue weighted by Crippen LogP contribution is -2.50. The molecule has 0 N–H and O–H groups in total.